The molecule has 0 aliphatic carbocycles. The molecule has 0 spiro atoms. The van der Waals surface area contributed by atoms with Crippen molar-refractivity contribution < 1.29 is 14.3 Å². The lowest BCUT2D eigenvalue weighted by Crippen LogP contribution is -2.43. The minimum Gasteiger partial charge on any atom is -0.467 e. The second kappa shape index (κ2) is 12.5. The first-order chi connectivity index (χ1) is 18.5. The van der Waals surface area contributed by atoms with Gasteiger partial charge in [-0.15, -0.1) is 13.2 Å². The fraction of sp³-hybridized carbons (Fsp3) is 0.161. The van der Waals surface area contributed by atoms with Crippen LogP contribution in [0.5, 0.6) is 0 Å². The molecule has 7 nitrogen and oxygen atoms in total. The molecule has 7 heteroatoms. The minimum absolute atomic E-state index is 0.287. The van der Waals surface area contributed by atoms with E-state index in [4.69, 9.17) is 4.74 Å². The molecule has 1 amide bonds. The van der Waals surface area contributed by atoms with E-state index in [9.17, 15) is 9.59 Å². The molecule has 2 aromatic carbocycles. The number of methoxy groups -OCH3 is 1. The van der Waals surface area contributed by atoms with E-state index >= 15 is 0 Å². The predicted octanol–water partition coefficient (Wildman–Crippen LogP) is 4.91. The molecule has 0 saturated heterocycles. The fourth-order valence-electron chi connectivity index (χ4n) is 4.16. The molecule has 0 unspecified atom stereocenters. The zero-order valence-corrected chi connectivity index (χ0v) is 21.3. The van der Waals surface area contributed by atoms with E-state index in [1.807, 2.05) is 60.7 Å². The van der Waals surface area contributed by atoms with Crippen LogP contribution in [0.3, 0.4) is 0 Å². The molecule has 2 heterocycles. The van der Waals surface area contributed by atoms with Crippen molar-refractivity contribution in [2.45, 2.75) is 25.3 Å². The van der Waals surface area contributed by atoms with Gasteiger partial charge in [-0.2, -0.15) is 5.10 Å². The van der Waals surface area contributed by atoms with Gasteiger partial charge >= 0.3 is 5.97 Å². The lowest BCUT2D eigenvalue weighted by Gasteiger charge is -2.18. The summed E-state index contributed by atoms with van der Waals surface area (Å²) in [4.78, 5) is 30.3. The van der Waals surface area contributed by atoms with E-state index in [0.29, 0.717) is 5.82 Å². The molecule has 0 bridgehead atoms. The number of hydrogen-bond acceptors (Lipinski definition) is 5. The summed E-state index contributed by atoms with van der Waals surface area (Å²) in [5.41, 5.74) is 5.14. The van der Waals surface area contributed by atoms with Crippen LogP contribution in [0.15, 0.2) is 104 Å². The first-order valence-corrected chi connectivity index (χ1v) is 12.3. The van der Waals surface area contributed by atoms with Crippen LogP contribution in [0.4, 0.5) is 0 Å². The number of carbonyl (C=O) groups excluding carboxylic acids is 2. The summed E-state index contributed by atoms with van der Waals surface area (Å²) in [5, 5.41) is 7.49. The number of hydrogen-bond donors (Lipinski definition) is 1. The molecule has 0 aliphatic heterocycles. The number of allylic oxidation sites excluding steroid dienone is 2. The van der Waals surface area contributed by atoms with E-state index in [1.54, 1.807) is 29.2 Å². The van der Waals surface area contributed by atoms with Crippen LogP contribution in [0.2, 0.25) is 0 Å². The molecule has 192 valence electrons. The van der Waals surface area contributed by atoms with Gasteiger partial charge in [0, 0.05) is 24.4 Å². The van der Waals surface area contributed by atoms with Gasteiger partial charge in [-0.3, -0.25) is 4.79 Å². The fourth-order valence-corrected chi connectivity index (χ4v) is 4.16. The molecule has 0 aliphatic rings. The molecule has 1 N–H and O–H groups in total. The first kappa shape index (κ1) is 26.3. The molecule has 4 rings (SSSR count). The van der Waals surface area contributed by atoms with Crippen LogP contribution >= 0.6 is 0 Å². The maximum Gasteiger partial charge on any atom is 0.328 e. The number of ether oxygens (including phenoxy) is 1. The molecule has 38 heavy (non-hydrogen) atoms. The van der Waals surface area contributed by atoms with Crippen LogP contribution in [-0.4, -0.2) is 39.8 Å². The summed E-state index contributed by atoms with van der Waals surface area (Å²) in [6.45, 7) is 7.56. The van der Waals surface area contributed by atoms with Crippen LogP contribution < -0.4 is 5.32 Å². The van der Waals surface area contributed by atoms with Gasteiger partial charge in [0.15, 0.2) is 5.82 Å². The first-order valence-electron chi connectivity index (χ1n) is 12.3. The monoisotopic (exact) mass is 506 g/mol. The van der Waals surface area contributed by atoms with Crippen LogP contribution in [0.1, 0.15) is 27.0 Å². The number of pyridine rings is 1. The van der Waals surface area contributed by atoms with Crippen LogP contribution in [-0.2, 0) is 28.8 Å². The Bertz CT molecular complexity index is 1440. The van der Waals surface area contributed by atoms with Gasteiger partial charge in [-0.1, -0.05) is 54.6 Å². The Labute approximate surface area is 222 Å². The highest BCUT2D eigenvalue weighted by Crippen LogP contribution is 2.21. The highest BCUT2D eigenvalue weighted by Gasteiger charge is 2.25. The lowest BCUT2D eigenvalue weighted by atomic mass is 10.0. The smallest absolute Gasteiger partial charge is 0.328 e. The van der Waals surface area contributed by atoms with Crippen LogP contribution in [0.25, 0.3) is 17.1 Å². The zero-order valence-electron chi connectivity index (χ0n) is 21.3. The van der Waals surface area contributed by atoms with E-state index in [0.717, 1.165) is 40.8 Å². The van der Waals surface area contributed by atoms with E-state index in [-0.39, 0.29) is 12.0 Å². The third-order valence-electron chi connectivity index (χ3n) is 6.07. The number of nitrogens with zero attached hydrogens (tertiary/aromatic N) is 3. The van der Waals surface area contributed by atoms with Gasteiger partial charge in [0.1, 0.15) is 6.04 Å². The maximum atomic E-state index is 13.4. The Morgan fingerprint density at radius 1 is 0.974 bits per heavy atom. The minimum atomic E-state index is -0.869. The highest BCUT2D eigenvalue weighted by atomic mass is 16.5. The quantitative estimate of drug-likeness (QED) is 0.231. The zero-order chi connectivity index (χ0) is 26.9. The maximum absolute atomic E-state index is 13.4. The number of amides is 1. The van der Waals surface area contributed by atoms with Crippen molar-refractivity contribution in [3.8, 4) is 17.1 Å². The normalized spacial score (nSPS) is 11.4. The van der Waals surface area contributed by atoms with Gasteiger partial charge in [-0.05, 0) is 53.8 Å². The molecule has 0 saturated carbocycles. The average Bonchev–Trinajstić information content (AvgIpc) is 3.44. The Morgan fingerprint density at radius 2 is 1.71 bits per heavy atom. The SMILES string of the molecule is C=CCc1ccc(C[C@H](NC(=O)c2cccnc2-n2ccc(-c3cccc(CC=C)c3)n2)C(=O)OC)cc1. The largest absolute Gasteiger partial charge is 0.467 e. The number of rotatable bonds is 11. The van der Waals surface area contributed by atoms with Gasteiger partial charge in [0.05, 0.1) is 18.4 Å². The molecular weight excluding hydrogens is 476 g/mol. The molecular formula is C31H30N4O3. The number of benzene rings is 2. The molecule has 2 aromatic heterocycles. The van der Waals surface area contributed by atoms with Crippen molar-refractivity contribution in [2.75, 3.05) is 7.11 Å². The summed E-state index contributed by atoms with van der Waals surface area (Å²) >= 11 is 0. The summed E-state index contributed by atoms with van der Waals surface area (Å²) < 4.78 is 6.54. The third kappa shape index (κ3) is 6.31. The van der Waals surface area contributed by atoms with Crippen molar-refractivity contribution in [3.63, 3.8) is 0 Å². The Morgan fingerprint density at radius 3 is 2.45 bits per heavy atom. The van der Waals surface area contributed by atoms with Crippen molar-refractivity contribution in [2.24, 2.45) is 0 Å². The van der Waals surface area contributed by atoms with Gasteiger partial charge in [-0.25, -0.2) is 14.5 Å². The van der Waals surface area contributed by atoms with E-state index < -0.39 is 17.9 Å². The second-order valence-electron chi connectivity index (χ2n) is 8.78. The Kier molecular flexibility index (Phi) is 8.61. The second-order valence-corrected chi connectivity index (χ2v) is 8.78. The average molecular weight is 507 g/mol. The third-order valence-corrected chi connectivity index (χ3v) is 6.07. The van der Waals surface area contributed by atoms with Gasteiger partial charge < -0.3 is 10.1 Å². The van der Waals surface area contributed by atoms with Crippen molar-refractivity contribution in [1.29, 1.82) is 0 Å². The van der Waals surface area contributed by atoms with Crippen molar-refractivity contribution in [1.82, 2.24) is 20.1 Å². The molecule has 0 fully saturated rings. The predicted molar refractivity (Wildman–Crippen MR) is 148 cm³/mol. The lowest BCUT2D eigenvalue weighted by molar-refractivity contribution is -0.142. The standard InChI is InChI=1S/C31H30N4O3/c1-4-8-22-13-15-24(16-14-22)21-28(31(37)38-3)33-30(36)26-12-7-18-32-29(26)35-19-17-27(34-35)25-11-6-10-23(20-25)9-5-2/h4-7,10-20,28H,1-2,8-9,21H2,3H3,(H,33,36)/t28-/m0/s1. The number of nitrogens with one attached hydrogen (secondary N) is 1. The Hall–Kier alpha value is -4.78. The number of esters is 1. The van der Waals surface area contributed by atoms with E-state index in [1.165, 1.54) is 7.11 Å². The van der Waals surface area contributed by atoms with Gasteiger partial charge in [0.25, 0.3) is 5.91 Å². The van der Waals surface area contributed by atoms with E-state index in [2.05, 4.69) is 34.6 Å². The van der Waals surface area contributed by atoms with Gasteiger partial charge in [0.2, 0.25) is 0 Å². The molecule has 1 atom stereocenters. The summed E-state index contributed by atoms with van der Waals surface area (Å²) in [5.74, 6) is -0.618. The summed E-state index contributed by atoms with van der Waals surface area (Å²) in [6.07, 6.45) is 8.86. The summed E-state index contributed by atoms with van der Waals surface area (Å²) in [6, 6.07) is 20.2. The number of aromatic nitrogens is 3. The summed E-state index contributed by atoms with van der Waals surface area (Å²) in [7, 11) is 1.31. The highest BCUT2D eigenvalue weighted by molar-refractivity contribution is 5.99. The van der Waals surface area contributed by atoms with Crippen LogP contribution in [0, 0.1) is 0 Å². The Balaban J connectivity index is 1.56. The number of carbonyl (C=O) groups is 2. The topological polar surface area (TPSA) is 86.1 Å². The molecule has 4 aromatic rings. The molecule has 0 radical (unpaired) electrons. The van der Waals surface area contributed by atoms with Crippen molar-refractivity contribution in [3.05, 3.63) is 127 Å². The van der Waals surface area contributed by atoms with Crippen molar-refractivity contribution >= 4 is 11.9 Å².